The Morgan fingerprint density at radius 1 is 0.952 bits per heavy atom. The molecule has 2 heterocycles. The van der Waals surface area contributed by atoms with Crippen LogP contribution < -0.4 is 4.74 Å². The highest BCUT2D eigenvalue weighted by atomic mass is 16.5. The fourth-order valence-electron chi connectivity index (χ4n) is 2.38. The van der Waals surface area contributed by atoms with Gasteiger partial charge in [0.2, 0.25) is 11.7 Å². The van der Waals surface area contributed by atoms with Crippen LogP contribution in [0.3, 0.4) is 0 Å². The van der Waals surface area contributed by atoms with E-state index in [1.165, 1.54) is 0 Å². The van der Waals surface area contributed by atoms with Gasteiger partial charge in [0.25, 0.3) is 0 Å². The molecular weight excluding hydrogens is 266 g/mol. The first-order chi connectivity index (χ1) is 10.3. The topological polar surface area (TPSA) is 52.3 Å². The number of fused-ring (bicyclic) bond motifs is 2. The molecule has 0 atom stereocenters. The van der Waals surface area contributed by atoms with E-state index in [0.29, 0.717) is 28.7 Å². The fourth-order valence-corrected chi connectivity index (χ4v) is 2.38. The molecule has 1 aliphatic heterocycles. The van der Waals surface area contributed by atoms with E-state index < -0.39 is 0 Å². The standard InChI is InChI=1S/C17H11NO3/c19-16-12-8-4-5-9-13(12)20-10-14-15(16)18-17(21-14)11-6-2-1-3-7-11/h1-9H,10H2. The Kier molecular flexibility index (Phi) is 2.60. The summed E-state index contributed by atoms with van der Waals surface area (Å²) in [5.74, 6) is 1.31. The van der Waals surface area contributed by atoms with Gasteiger partial charge in [0.05, 0.1) is 5.56 Å². The van der Waals surface area contributed by atoms with Crippen LogP contribution in [0.25, 0.3) is 11.5 Å². The van der Waals surface area contributed by atoms with Crippen LogP contribution in [0.2, 0.25) is 0 Å². The third-order valence-electron chi connectivity index (χ3n) is 3.42. The summed E-state index contributed by atoms with van der Waals surface area (Å²) >= 11 is 0. The number of oxazole rings is 1. The Morgan fingerprint density at radius 2 is 1.71 bits per heavy atom. The Morgan fingerprint density at radius 3 is 2.57 bits per heavy atom. The molecule has 0 amide bonds. The summed E-state index contributed by atoms with van der Waals surface area (Å²) in [6.45, 7) is 0.206. The summed E-state index contributed by atoms with van der Waals surface area (Å²) in [7, 11) is 0. The lowest BCUT2D eigenvalue weighted by Gasteiger charge is -2.04. The van der Waals surface area contributed by atoms with Crippen LogP contribution in [0.5, 0.6) is 5.75 Å². The van der Waals surface area contributed by atoms with Gasteiger partial charge in [-0.15, -0.1) is 0 Å². The normalized spacial score (nSPS) is 13.0. The molecule has 1 aliphatic rings. The van der Waals surface area contributed by atoms with E-state index in [-0.39, 0.29) is 12.4 Å². The van der Waals surface area contributed by atoms with Crippen LogP contribution in [0.15, 0.2) is 59.0 Å². The van der Waals surface area contributed by atoms with Gasteiger partial charge in [0, 0.05) is 5.56 Å². The second kappa shape index (κ2) is 4.59. The van der Waals surface area contributed by atoms with E-state index in [1.807, 2.05) is 42.5 Å². The molecule has 0 unspecified atom stereocenters. The van der Waals surface area contributed by atoms with Gasteiger partial charge in [-0.3, -0.25) is 4.79 Å². The summed E-state index contributed by atoms with van der Waals surface area (Å²) < 4.78 is 11.4. The van der Waals surface area contributed by atoms with E-state index in [2.05, 4.69) is 4.98 Å². The van der Waals surface area contributed by atoms with Crippen LogP contribution in [0.4, 0.5) is 0 Å². The zero-order valence-electron chi connectivity index (χ0n) is 11.1. The molecule has 0 radical (unpaired) electrons. The number of aromatic nitrogens is 1. The third-order valence-corrected chi connectivity index (χ3v) is 3.42. The molecule has 102 valence electrons. The van der Waals surface area contributed by atoms with Gasteiger partial charge in [0.1, 0.15) is 12.4 Å². The van der Waals surface area contributed by atoms with Gasteiger partial charge >= 0.3 is 0 Å². The van der Waals surface area contributed by atoms with Gasteiger partial charge in [0.15, 0.2) is 11.5 Å². The van der Waals surface area contributed by atoms with Crippen molar-refractivity contribution in [1.82, 2.24) is 4.98 Å². The van der Waals surface area contributed by atoms with E-state index in [0.717, 1.165) is 5.56 Å². The number of hydrogen-bond acceptors (Lipinski definition) is 4. The molecule has 0 saturated heterocycles. The number of ketones is 1. The van der Waals surface area contributed by atoms with Crippen molar-refractivity contribution >= 4 is 5.78 Å². The van der Waals surface area contributed by atoms with Crippen molar-refractivity contribution in [2.24, 2.45) is 0 Å². The molecule has 3 aromatic rings. The van der Waals surface area contributed by atoms with Gasteiger partial charge < -0.3 is 9.15 Å². The van der Waals surface area contributed by atoms with E-state index >= 15 is 0 Å². The second-order valence-corrected chi connectivity index (χ2v) is 4.77. The predicted octanol–water partition coefficient (Wildman–Crippen LogP) is 3.47. The van der Waals surface area contributed by atoms with E-state index in [9.17, 15) is 4.79 Å². The monoisotopic (exact) mass is 277 g/mol. The minimum atomic E-state index is -0.163. The minimum absolute atomic E-state index is 0.163. The summed E-state index contributed by atoms with van der Waals surface area (Å²) in [5, 5.41) is 0. The number of carbonyl (C=O) groups is 1. The van der Waals surface area contributed by atoms with Crippen molar-refractivity contribution in [3.63, 3.8) is 0 Å². The number of nitrogens with zero attached hydrogens (tertiary/aromatic N) is 1. The first kappa shape index (κ1) is 11.9. The molecule has 0 bridgehead atoms. The number of rotatable bonds is 1. The molecular formula is C17H11NO3. The molecule has 0 N–H and O–H groups in total. The zero-order chi connectivity index (χ0) is 14.2. The summed E-state index contributed by atoms with van der Waals surface area (Å²) in [4.78, 5) is 16.9. The number of hydrogen-bond donors (Lipinski definition) is 0. The van der Waals surface area contributed by atoms with Crippen LogP contribution in [-0.2, 0) is 6.61 Å². The first-order valence-corrected chi connectivity index (χ1v) is 6.64. The molecule has 4 rings (SSSR count). The van der Waals surface area contributed by atoms with Crippen LogP contribution in [0, 0.1) is 0 Å². The molecule has 4 heteroatoms. The fraction of sp³-hybridized carbons (Fsp3) is 0.0588. The van der Waals surface area contributed by atoms with Crippen molar-refractivity contribution < 1.29 is 13.9 Å². The van der Waals surface area contributed by atoms with Crippen molar-refractivity contribution in [2.45, 2.75) is 6.61 Å². The van der Waals surface area contributed by atoms with Crippen molar-refractivity contribution in [3.8, 4) is 17.2 Å². The lowest BCUT2D eigenvalue weighted by atomic mass is 10.1. The largest absolute Gasteiger partial charge is 0.485 e. The summed E-state index contributed by atoms with van der Waals surface area (Å²) in [5.41, 5.74) is 1.69. The SMILES string of the molecule is O=C1c2ccccc2OCc2oc(-c3ccccc3)nc21. The number of ether oxygens (including phenoxy) is 1. The Labute approximate surface area is 121 Å². The molecule has 0 aliphatic carbocycles. The quantitative estimate of drug-likeness (QED) is 0.683. The average Bonchev–Trinajstić information content (AvgIpc) is 2.92. The van der Waals surface area contributed by atoms with Crippen LogP contribution in [-0.4, -0.2) is 10.8 Å². The Balaban J connectivity index is 1.83. The highest BCUT2D eigenvalue weighted by Gasteiger charge is 2.27. The minimum Gasteiger partial charge on any atom is -0.485 e. The van der Waals surface area contributed by atoms with Crippen LogP contribution >= 0.6 is 0 Å². The zero-order valence-corrected chi connectivity index (χ0v) is 11.1. The van der Waals surface area contributed by atoms with Crippen molar-refractivity contribution in [3.05, 3.63) is 71.6 Å². The maximum atomic E-state index is 12.6. The Bertz CT molecular complexity index is 821. The maximum absolute atomic E-state index is 12.6. The third kappa shape index (κ3) is 1.92. The molecule has 4 nitrogen and oxygen atoms in total. The predicted molar refractivity (Wildman–Crippen MR) is 76.1 cm³/mol. The molecule has 1 aromatic heterocycles. The highest BCUT2D eigenvalue weighted by molar-refractivity contribution is 6.10. The smallest absolute Gasteiger partial charge is 0.227 e. The van der Waals surface area contributed by atoms with Gasteiger partial charge in [-0.05, 0) is 24.3 Å². The summed E-state index contributed by atoms with van der Waals surface area (Å²) in [6.07, 6.45) is 0. The molecule has 0 spiro atoms. The molecule has 2 aromatic carbocycles. The number of para-hydroxylation sites is 1. The Hall–Kier alpha value is -2.88. The average molecular weight is 277 g/mol. The lowest BCUT2D eigenvalue weighted by molar-refractivity contribution is 0.103. The number of benzene rings is 2. The summed E-state index contributed by atoms with van der Waals surface area (Å²) in [6, 6.07) is 16.7. The highest BCUT2D eigenvalue weighted by Crippen LogP contribution is 2.30. The van der Waals surface area contributed by atoms with Gasteiger partial charge in [-0.25, -0.2) is 4.98 Å². The maximum Gasteiger partial charge on any atom is 0.227 e. The molecule has 0 saturated carbocycles. The lowest BCUT2D eigenvalue weighted by Crippen LogP contribution is -2.02. The van der Waals surface area contributed by atoms with Crippen molar-refractivity contribution in [1.29, 1.82) is 0 Å². The van der Waals surface area contributed by atoms with Crippen LogP contribution in [0.1, 0.15) is 21.8 Å². The van der Waals surface area contributed by atoms with Gasteiger partial charge in [-0.1, -0.05) is 30.3 Å². The van der Waals surface area contributed by atoms with Gasteiger partial charge in [-0.2, -0.15) is 0 Å². The second-order valence-electron chi connectivity index (χ2n) is 4.77. The van der Waals surface area contributed by atoms with Crippen molar-refractivity contribution in [2.75, 3.05) is 0 Å². The van der Waals surface area contributed by atoms with E-state index in [4.69, 9.17) is 9.15 Å². The molecule has 0 fully saturated rings. The first-order valence-electron chi connectivity index (χ1n) is 6.64. The van der Waals surface area contributed by atoms with E-state index in [1.54, 1.807) is 12.1 Å². The molecule has 21 heavy (non-hydrogen) atoms. The number of carbonyl (C=O) groups excluding carboxylic acids is 1.